The van der Waals surface area contributed by atoms with E-state index >= 15 is 0 Å². The summed E-state index contributed by atoms with van der Waals surface area (Å²) in [6.07, 6.45) is 1.12. The van der Waals surface area contributed by atoms with Crippen molar-refractivity contribution in [1.82, 2.24) is 0 Å². The van der Waals surface area contributed by atoms with Crippen LogP contribution in [0.5, 0.6) is 11.5 Å². The molecule has 0 aliphatic carbocycles. The number of rotatable bonds is 19. The van der Waals surface area contributed by atoms with Crippen LogP contribution in [0.15, 0.2) is 98.1 Å². The quantitative estimate of drug-likeness (QED) is 0.101. The van der Waals surface area contributed by atoms with Gasteiger partial charge in [0.25, 0.3) is 0 Å². The molecular weight excluding hydrogens is 620 g/mol. The number of aliphatic hydroxyl groups is 2. The summed E-state index contributed by atoms with van der Waals surface area (Å²) >= 11 is 0. The zero-order chi connectivity index (χ0) is 36.2. The highest BCUT2D eigenvalue weighted by atomic mass is 16.5. The molecule has 49 heavy (non-hydrogen) atoms. The van der Waals surface area contributed by atoms with Crippen molar-refractivity contribution in [3.05, 3.63) is 120 Å². The molecule has 0 saturated heterocycles. The zero-order valence-electron chi connectivity index (χ0n) is 29.7. The van der Waals surface area contributed by atoms with Gasteiger partial charge in [-0.25, -0.2) is 9.59 Å². The van der Waals surface area contributed by atoms with Gasteiger partial charge < -0.3 is 29.2 Å². The number of hydrogen-bond donors (Lipinski definition) is 2. The van der Waals surface area contributed by atoms with Crippen LogP contribution in [0.3, 0.4) is 0 Å². The van der Waals surface area contributed by atoms with Crippen molar-refractivity contribution in [3.8, 4) is 11.5 Å². The molecule has 264 valence electrons. The van der Waals surface area contributed by atoms with Crippen molar-refractivity contribution in [3.63, 3.8) is 0 Å². The SMILES string of the molecule is C=CC(=O)OCC(O)CC(C)Oc1ccc(C(C)(C)c2ccc(C(C)(C)c3ccc(OCC(O)CC(CC)OC(=O)C=C)cc3)cc2)cc1. The summed E-state index contributed by atoms with van der Waals surface area (Å²) in [6.45, 7) is 19.3. The third-order valence-corrected chi connectivity index (χ3v) is 8.89. The molecule has 0 aliphatic rings. The van der Waals surface area contributed by atoms with E-state index in [0.29, 0.717) is 24.3 Å². The van der Waals surface area contributed by atoms with Gasteiger partial charge >= 0.3 is 11.9 Å². The van der Waals surface area contributed by atoms with Gasteiger partial charge in [-0.1, -0.05) is 96.3 Å². The molecule has 8 heteroatoms. The fraction of sp³-hybridized carbons (Fsp3) is 0.415. The van der Waals surface area contributed by atoms with Crippen LogP contribution in [0.25, 0.3) is 0 Å². The van der Waals surface area contributed by atoms with Gasteiger partial charge in [-0.2, -0.15) is 0 Å². The molecule has 0 spiro atoms. The zero-order valence-corrected chi connectivity index (χ0v) is 29.7. The van der Waals surface area contributed by atoms with Gasteiger partial charge in [0, 0.05) is 35.8 Å². The first-order valence-electron chi connectivity index (χ1n) is 16.8. The molecule has 8 nitrogen and oxygen atoms in total. The topological polar surface area (TPSA) is 112 Å². The van der Waals surface area contributed by atoms with E-state index in [0.717, 1.165) is 23.3 Å². The van der Waals surface area contributed by atoms with E-state index in [2.05, 4.69) is 77.3 Å². The molecule has 0 fully saturated rings. The lowest BCUT2D eigenvalue weighted by Gasteiger charge is -2.30. The number of benzene rings is 3. The van der Waals surface area contributed by atoms with E-state index in [4.69, 9.17) is 18.9 Å². The van der Waals surface area contributed by atoms with Crippen LogP contribution < -0.4 is 9.47 Å². The number of esters is 2. The van der Waals surface area contributed by atoms with Crippen molar-refractivity contribution >= 4 is 11.9 Å². The first kappa shape index (κ1) is 39.0. The Hall–Kier alpha value is -4.40. The fourth-order valence-electron chi connectivity index (χ4n) is 5.60. The highest BCUT2D eigenvalue weighted by Gasteiger charge is 2.27. The molecule has 0 bridgehead atoms. The van der Waals surface area contributed by atoms with Crippen LogP contribution in [0.1, 0.15) is 83.1 Å². The van der Waals surface area contributed by atoms with Crippen LogP contribution in [-0.4, -0.2) is 59.8 Å². The minimum atomic E-state index is -0.827. The van der Waals surface area contributed by atoms with Gasteiger partial charge in [0.05, 0.1) is 18.3 Å². The molecule has 0 aromatic heterocycles. The molecule has 3 aromatic carbocycles. The first-order valence-corrected chi connectivity index (χ1v) is 16.8. The average Bonchev–Trinajstić information content (AvgIpc) is 3.09. The average molecular weight is 673 g/mol. The smallest absolute Gasteiger partial charge is 0.330 e. The molecule has 0 aliphatic heterocycles. The van der Waals surface area contributed by atoms with E-state index in [9.17, 15) is 19.8 Å². The number of carbonyl (C=O) groups is 2. The molecule has 0 heterocycles. The molecule has 4 unspecified atom stereocenters. The Balaban J connectivity index is 1.59. The van der Waals surface area contributed by atoms with Crippen molar-refractivity contribution in [2.45, 2.75) is 96.1 Å². The van der Waals surface area contributed by atoms with Crippen molar-refractivity contribution < 1.29 is 38.7 Å². The van der Waals surface area contributed by atoms with Gasteiger partial charge in [-0.05, 0) is 59.9 Å². The maximum atomic E-state index is 11.5. The molecule has 0 amide bonds. The largest absolute Gasteiger partial charge is 0.491 e. The first-order chi connectivity index (χ1) is 23.2. The minimum Gasteiger partial charge on any atom is -0.491 e. The standard InChI is InChI=1S/C41H52O8/c1-9-35(49-39(45)11-3)25-34(43)26-46-36-20-16-31(17-21-36)40(5,6)29-12-14-30(15-13-29)41(7,8)32-18-22-37(23-19-32)48-28(4)24-33(42)27-47-38(44)10-2/h10-23,28,33-35,42-43H,2-3,9,24-27H2,1,4-8H3. The predicted octanol–water partition coefficient (Wildman–Crippen LogP) is 7.22. The summed E-state index contributed by atoms with van der Waals surface area (Å²) in [7, 11) is 0. The third kappa shape index (κ3) is 11.3. The Morgan fingerprint density at radius 3 is 1.57 bits per heavy atom. The lowest BCUT2D eigenvalue weighted by molar-refractivity contribution is -0.144. The van der Waals surface area contributed by atoms with Crippen LogP contribution in [0, 0.1) is 0 Å². The Morgan fingerprint density at radius 1 is 0.694 bits per heavy atom. The number of carbonyl (C=O) groups excluding carboxylic acids is 2. The maximum absolute atomic E-state index is 11.5. The van der Waals surface area contributed by atoms with E-state index < -0.39 is 30.3 Å². The number of hydrogen-bond acceptors (Lipinski definition) is 8. The van der Waals surface area contributed by atoms with Gasteiger partial charge in [0.1, 0.15) is 30.8 Å². The molecule has 0 radical (unpaired) electrons. The maximum Gasteiger partial charge on any atom is 0.330 e. The van der Waals surface area contributed by atoms with Crippen molar-refractivity contribution in [1.29, 1.82) is 0 Å². The number of aliphatic hydroxyl groups excluding tert-OH is 2. The van der Waals surface area contributed by atoms with Crippen molar-refractivity contribution in [2.24, 2.45) is 0 Å². The normalized spacial score (nSPS) is 14.1. The second-order valence-electron chi connectivity index (χ2n) is 13.4. The van der Waals surface area contributed by atoms with Crippen LogP contribution in [0.4, 0.5) is 0 Å². The second-order valence-corrected chi connectivity index (χ2v) is 13.4. The highest BCUT2D eigenvalue weighted by Crippen LogP contribution is 2.36. The summed E-state index contributed by atoms with van der Waals surface area (Å²) in [5.41, 5.74) is 4.10. The monoisotopic (exact) mass is 672 g/mol. The second kappa shape index (κ2) is 17.8. The summed E-state index contributed by atoms with van der Waals surface area (Å²) in [5, 5.41) is 20.6. The van der Waals surface area contributed by atoms with Crippen molar-refractivity contribution in [2.75, 3.05) is 13.2 Å². The Kier molecular flexibility index (Phi) is 14.2. The number of ether oxygens (including phenoxy) is 4. The summed E-state index contributed by atoms with van der Waals surface area (Å²) in [5.74, 6) is 0.289. The summed E-state index contributed by atoms with van der Waals surface area (Å²) in [6, 6.07) is 24.6. The van der Waals surface area contributed by atoms with Crippen LogP contribution in [-0.2, 0) is 29.9 Å². The summed E-state index contributed by atoms with van der Waals surface area (Å²) < 4.78 is 22.0. The lowest BCUT2D eigenvalue weighted by Crippen LogP contribution is -2.26. The molecule has 4 atom stereocenters. The van der Waals surface area contributed by atoms with Gasteiger partial charge in [-0.3, -0.25) is 0 Å². The molecule has 3 rings (SSSR count). The third-order valence-electron chi connectivity index (χ3n) is 8.89. The Bertz CT molecular complexity index is 1510. The van der Waals surface area contributed by atoms with Crippen LogP contribution >= 0.6 is 0 Å². The molecular formula is C41H52O8. The Morgan fingerprint density at radius 2 is 1.12 bits per heavy atom. The predicted molar refractivity (Wildman–Crippen MR) is 192 cm³/mol. The van der Waals surface area contributed by atoms with Crippen LogP contribution in [0.2, 0.25) is 0 Å². The van der Waals surface area contributed by atoms with Gasteiger partial charge in [0.2, 0.25) is 0 Å². The fourth-order valence-corrected chi connectivity index (χ4v) is 5.60. The van der Waals surface area contributed by atoms with E-state index in [-0.39, 0.29) is 36.6 Å². The lowest BCUT2D eigenvalue weighted by atomic mass is 9.74. The minimum absolute atomic E-state index is 0.0950. The van der Waals surface area contributed by atoms with Gasteiger partial charge in [0.15, 0.2) is 0 Å². The van der Waals surface area contributed by atoms with E-state index in [1.165, 1.54) is 11.1 Å². The molecule has 0 saturated carbocycles. The van der Waals surface area contributed by atoms with Gasteiger partial charge in [-0.15, -0.1) is 0 Å². The molecule has 3 aromatic rings. The van der Waals surface area contributed by atoms with E-state index in [1.54, 1.807) is 0 Å². The summed E-state index contributed by atoms with van der Waals surface area (Å²) in [4.78, 5) is 22.7. The Labute approximate surface area is 291 Å². The molecule has 2 N–H and O–H groups in total. The van der Waals surface area contributed by atoms with E-state index in [1.807, 2.05) is 50.2 Å². The highest BCUT2D eigenvalue weighted by molar-refractivity contribution is 5.81.